The third-order valence-electron chi connectivity index (χ3n) is 4.57. The number of hydrogen-bond donors (Lipinski definition) is 3. The maximum Gasteiger partial charge on any atom is 0.335 e. The summed E-state index contributed by atoms with van der Waals surface area (Å²) in [5.74, 6) is -2.25. The summed E-state index contributed by atoms with van der Waals surface area (Å²) in [6.07, 6.45) is 3.43. The van der Waals surface area contributed by atoms with Crippen LogP contribution in [0.4, 0.5) is 5.69 Å². The molecular formula is C19H19NO4. The highest BCUT2D eigenvalue weighted by molar-refractivity contribution is 5.99. The van der Waals surface area contributed by atoms with Crippen molar-refractivity contribution in [2.75, 3.05) is 5.32 Å². The summed E-state index contributed by atoms with van der Waals surface area (Å²) in [6.45, 7) is 1.52. The van der Waals surface area contributed by atoms with E-state index >= 15 is 0 Å². The van der Waals surface area contributed by atoms with E-state index in [1.165, 1.54) is 13.3 Å². The summed E-state index contributed by atoms with van der Waals surface area (Å²) in [7, 11) is 0. The standard InChI is InChI=1S/C19H19NO4/c1-11-15(18(21)22)9-12(10-16(11)19(23)24)14-7-2-3-8-17(14)20-13-5-4-6-13/h2-3,7-10,13,20H,4-6H2,1H3,(H,21,22)(H,23,24). The van der Waals surface area contributed by atoms with E-state index < -0.39 is 11.9 Å². The zero-order valence-electron chi connectivity index (χ0n) is 13.4. The minimum absolute atomic E-state index is 0.0170. The molecule has 1 aliphatic carbocycles. The summed E-state index contributed by atoms with van der Waals surface area (Å²) in [5.41, 5.74) is 2.61. The summed E-state index contributed by atoms with van der Waals surface area (Å²) in [4.78, 5) is 23.0. The molecule has 1 saturated carbocycles. The largest absolute Gasteiger partial charge is 0.478 e. The molecule has 3 N–H and O–H groups in total. The highest BCUT2D eigenvalue weighted by atomic mass is 16.4. The quantitative estimate of drug-likeness (QED) is 0.773. The van der Waals surface area contributed by atoms with Gasteiger partial charge >= 0.3 is 11.9 Å². The lowest BCUT2D eigenvalue weighted by Crippen LogP contribution is -2.27. The molecule has 1 fully saturated rings. The normalized spacial score (nSPS) is 14.0. The van der Waals surface area contributed by atoms with Gasteiger partial charge in [-0.2, -0.15) is 0 Å². The first-order valence-corrected chi connectivity index (χ1v) is 7.94. The van der Waals surface area contributed by atoms with Gasteiger partial charge in [-0.3, -0.25) is 0 Å². The van der Waals surface area contributed by atoms with Gasteiger partial charge in [0.2, 0.25) is 0 Å². The van der Waals surface area contributed by atoms with Crippen molar-refractivity contribution in [1.82, 2.24) is 0 Å². The fourth-order valence-corrected chi connectivity index (χ4v) is 2.95. The molecule has 0 aromatic heterocycles. The first-order valence-electron chi connectivity index (χ1n) is 7.94. The predicted octanol–water partition coefficient (Wildman–Crippen LogP) is 4.02. The average molecular weight is 325 g/mol. The SMILES string of the molecule is Cc1c(C(=O)O)cc(-c2ccccc2NC2CCC2)cc1C(=O)O. The van der Waals surface area contributed by atoms with Crippen molar-refractivity contribution in [1.29, 1.82) is 0 Å². The van der Waals surface area contributed by atoms with Gasteiger partial charge in [0.15, 0.2) is 0 Å². The average Bonchev–Trinajstić information content (AvgIpc) is 2.51. The zero-order chi connectivity index (χ0) is 17.3. The number of carboxylic acid groups (broad SMARTS) is 2. The van der Waals surface area contributed by atoms with Gasteiger partial charge in [-0.05, 0) is 55.5 Å². The fraction of sp³-hybridized carbons (Fsp3) is 0.263. The zero-order valence-corrected chi connectivity index (χ0v) is 13.4. The van der Waals surface area contributed by atoms with Crippen molar-refractivity contribution in [3.8, 4) is 11.1 Å². The molecule has 5 heteroatoms. The first-order chi connectivity index (χ1) is 11.5. The topological polar surface area (TPSA) is 86.6 Å². The Morgan fingerprint density at radius 2 is 1.62 bits per heavy atom. The number of aromatic carboxylic acids is 2. The fourth-order valence-electron chi connectivity index (χ4n) is 2.95. The maximum atomic E-state index is 11.5. The second-order valence-corrected chi connectivity index (χ2v) is 6.12. The Morgan fingerprint density at radius 3 is 2.12 bits per heavy atom. The van der Waals surface area contributed by atoms with Crippen LogP contribution in [0.25, 0.3) is 11.1 Å². The molecule has 2 aromatic rings. The van der Waals surface area contributed by atoms with Crippen LogP contribution in [0.2, 0.25) is 0 Å². The minimum atomic E-state index is -1.12. The van der Waals surface area contributed by atoms with E-state index in [4.69, 9.17) is 0 Å². The van der Waals surface area contributed by atoms with Crippen LogP contribution in [0.15, 0.2) is 36.4 Å². The Bertz CT molecular complexity index is 774. The van der Waals surface area contributed by atoms with Crippen LogP contribution in [-0.2, 0) is 0 Å². The second kappa shape index (κ2) is 6.35. The second-order valence-electron chi connectivity index (χ2n) is 6.12. The van der Waals surface area contributed by atoms with Crippen LogP contribution in [-0.4, -0.2) is 28.2 Å². The van der Waals surface area contributed by atoms with Crippen LogP contribution in [0, 0.1) is 6.92 Å². The van der Waals surface area contributed by atoms with E-state index in [1.807, 2.05) is 24.3 Å². The van der Waals surface area contributed by atoms with Gasteiger partial charge in [0.25, 0.3) is 0 Å². The maximum absolute atomic E-state index is 11.5. The molecule has 124 valence electrons. The Labute approximate surface area is 139 Å². The van der Waals surface area contributed by atoms with Crippen LogP contribution in [0.3, 0.4) is 0 Å². The summed E-state index contributed by atoms with van der Waals surface area (Å²) in [5, 5.41) is 22.3. The molecule has 0 unspecified atom stereocenters. The van der Waals surface area contributed by atoms with Crippen molar-refractivity contribution in [2.24, 2.45) is 0 Å². The lowest BCUT2D eigenvalue weighted by molar-refractivity contribution is 0.0696. The van der Waals surface area contributed by atoms with Crippen LogP contribution in [0.1, 0.15) is 45.5 Å². The highest BCUT2D eigenvalue weighted by Crippen LogP contribution is 2.33. The molecule has 0 amide bonds. The smallest absolute Gasteiger partial charge is 0.335 e. The molecule has 0 radical (unpaired) electrons. The number of hydrogen-bond acceptors (Lipinski definition) is 3. The van der Waals surface area contributed by atoms with Crippen molar-refractivity contribution < 1.29 is 19.8 Å². The molecule has 2 aromatic carbocycles. The Hall–Kier alpha value is -2.82. The molecule has 0 heterocycles. The van der Waals surface area contributed by atoms with Crippen LogP contribution >= 0.6 is 0 Å². The van der Waals surface area contributed by atoms with Crippen LogP contribution < -0.4 is 5.32 Å². The van der Waals surface area contributed by atoms with Gasteiger partial charge in [-0.25, -0.2) is 9.59 Å². The van der Waals surface area contributed by atoms with E-state index in [0.717, 1.165) is 24.1 Å². The van der Waals surface area contributed by atoms with Gasteiger partial charge in [-0.1, -0.05) is 18.2 Å². The number of benzene rings is 2. The third kappa shape index (κ3) is 2.97. The first kappa shape index (κ1) is 16.1. The van der Waals surface area contributed by atoms with E-state index in [0.29, 0.717) is 11.6 Å². The van der Waals surface area contributed by atoms with Gasteiger partial charge in [-0.15, -0.1) is 0 Å². The van der Waals surface area contributed by atoms with E-state index in [1.54, 1.807) is 12.1 Å². The Balaban J connectivity index is 2.12. The molecule has 0 saturated heterocycles. The van der Waals surface area contributed by atoms with Crippen LogP contribution in [0.5, 0.6) is 0 Å². The third-order valence-corrected chi connectivity index (χ3v) is 4.57. The molecular weight excluding hydrogens is 306 g/mol. The highest BCUT2D eigenvalue weighted by Gasteiger charge is 2.21. The molecule has 3 rings (SSSR count). The number of para-hydroxylation sites is 1. The number of nitrogens with one attached hydrogen (secondary N) is 1. The molecule has 0 bridgehead atoms. The van der Waals surface area contributed by atoms with Gasteiger partial charge in [0.05, 0.1) is 11.1 Å². The summed E-state index contributed by atoms with van der Waals surface area (Å²) >= 11 is 0. The van der Waals surface area contributed by atoms with Crippen molar-refractivity contribution >= 4 is 17.6 Å². The number of carbonyl (C=O) groups is 2. The van der Waals surface area contributed by atoms with Gasteiger partial charge in [0.1, 0.15) is 0 Å². The summed E-state index contributed by atoms with van der Waals surface area (Å²) in [6, 6.07) is 11.1. The number of rotatable bonds is 5. The molecule has 0 atom stereocenters. The van der Waals surface area contributed by atoms with Crippen molar-refractivity contribution in [3.05, 3.63) is 53.1 Å². The molecule has 1 aliphatic rings. The molecule has 5 nitrogen and oxygen atoms in total. The van der Waals surface area contributed by atoms with Gasteiger partial charge < -0.3 is 15.5 Å². The van der Waals surface area contributed by atoms with Crippen molar-refractivity contribution in [3.63, 3.8) is 0 Å². The molecule has 0 spiro atoms. The van der Waals surface area contributed by atoms with E-state index in [9.17, 15) is 19.8 Å². The lowest BCUT2D eigenvalue weighted by atomic mass is 9.91. The Morgan fingerprint density at radius 1 is 1.04 bits per heavy atom. The molecule has 24 heavy (non-hydrogen) atoms. The monoisotopic (exact) mass is 325 g/mol. The molecule has 0 aliphatic heterocycles. The van der Waals surface area contributed by atoms with Gasteiger partial charge in [0, 0.05) is 17.3 Å². The number of anilines is 1. The Kier molecular flexibility index (Phi) is 4.25. The van der Waals surface area contributed by atoms with Crippen molar-refractivity contribution in [2.45, 2.75) is 32.2 Å². The predicted molar refractivity (Wildman–Crippen MR) is 91.8 cm³/mol. The lowest BCUT2D eigenvalue weighted by Gasteiger charge is -2.28. The minimum Gasteiger partial charge on any atom is -0.478 e. The summed E-state index contributed by atoms with van der Waals surface area (Å²) < 4.78 is 0. The van der Waals surface area contributed by atoms with E-state index in [-0.39, 0.29) is 16.7 Å². The van der Waals surface area contributed by atoms with E-state index in [2.05, 4.69) is 5.32 Å². The number of carboxylic acids is 2.